The molecule has 0 radical (unpaired) electrons. The van der Waals surface area contributed by atoms with Crippen molar-refractivity contribution in [3.8, 4) is 0 Å². The molecule has 20 heavy (non-hydrogen) atoms. The van der Waals surface area contributed by atoms with E-state index in [1.165, 1.54) is 6.07 Å². The maximum absolute atomic E-state index is 11.6. The number of hydrogen-bond donors (Lipinski definition) is 3. The first-order valence-corrected chi connectivity index (χ1v) is 6.51. The van der Waals surface area contributed by atoms with Gasteiger partial charge in [0, 0.05) is 18.5 Å². The molecule has 0 spiro atoms. The third kappa shape index (κ3) is 5.44. The van der Waals surface area contributed by atoms with E-state index in [-0.39, 0.29) is 28.6 Å². The summed E-state index contributed by atoms with van der Waals surface area (Å²) in [6.07, 6.45) is 0.268. The van der Waals surface area contributed by atoms with Crippen LogP contribution in [0.3, 0.4) is 0 Å². The average molecular weight is 300 g/mol. The SMILES string of the molecule is CC(C)(C)NC(=O)CCNc1ccc(Cl)c(C(=O)O)n1. The summed E-state index contributed by atoms with van der Waals surface area (Å²) in [5.74, 6) is -0.906. The van der Waals surface area contributed by atoms with Crippen LogP contribution in [0.15, 0.2) is 12.1 Å². The molecule has 3 N–H and O–H groups in total. The van der Waals surface area contributed by atoms with Gasteiger partial charge >= 0.3 is 5.97 Å². The van der Waals surface area contributed by atoms with E-state index in [1.807, 2.05) is 20.8 Å². The highest BCUT2D eigenvalue weighted by Gasteiger charge is 2.14. The van der Waals surface area contributed by atoms with E-state index in [0.717, 1.165) is 0 Å². The van der Waals surface area contributed by atoms with Gasteiger partial charge in [0.1, 0.15) is 5.82 Å². The zero-order chi connectivity index (χ0) is 15.3. The topological polar surface area (TPSA) is 91.3 Å². The van der Waals surface area contributed by atoms with Gasteiger partial charge in [0.05, 0.1) is 5.02 Å². The summed E-state index contributed by atoms with van der Waals surface area (Å²) >= 11 is 5.71. The van der Waals surface area contributed by atoms with Crippen molar-refractivity contribution in [3.05, 3.63) is 22.8 Å². The highest BCUT2D eigenvalue weighted by Crippen LogP contribution is 2.16. The van der Waals surface area contributed by atoms with Crippen LogP contribution in [-0.4, -0.2) is 34.1 Å². The van der Waals surface area contributed by atoms with Crippen LogP contribution in [0.5, 0.6) is 0 Å². The minimum atomic E-state index is -1.19. The van der Waals surface area contributed by atoms with Gasteiger partial charge in [-0.3, -0.25) is 4.79 Å². The van der Waals surface area contributed by atoms with Crippen molar-refractivity contribution in [1.82, 2.24) is 10.3 Å². The number of carboxylic acid groups (broad SMARTS) is 1. The Morgan fingerprint density at radius 1 is 1.35 bits per heavy atom. The first kappa shape index (κ1) is 16.2. The number of amides is 1. The Labute approximate surface area is 122 Å². The molecule has 1 aromatic heterocycles. The van der Waals surface area contributed by atoms with Crippen molar-refractivity contribution in [2.45, 2.75) is 32.7 Å². The minimum absolute atomic E-state index is 0.0773. The summed E-state index contributed by atoms with van der Waals surface area (Å²) in [5.41, 5.74) is -0.484. The first-order chi connectivity index (χ1) is 9.19. The lowest BCUT2D eigenvalue weighted by atomic mass is 10.1. The number of nitrogens with one attached hydrogen (secondary N) is 2. The standard InChI is InChI=1S/C13H18ClN3O3/c1-13(2,3)17-10(18)6-7-15-9-5-4-8(14)11(16-9)12(19)20/h4-5H,6-7H2,1-3H3,(H,15,16)(H,17,18)(H,19,20). The summed E-state index contributed by atoms with van der Waals surface area (Å²) in [6, 6.07) is 3.02. The molecule has 0 aliphatic rings. The normalized spacial score (nSPS) is 11.0. The third-order valence-corrected chi connectivity index (χ3v) is 2.53. The Balaban J connectivity index is 2.53. The summed E-state index contributed by atoms with van der Waals surface area (Å²) in [5, 5.41) is 14.7. The number of pyridine rings is 1. The summed E-state index contributed by atoms with van der Waals surface area (Å²) in [4.78, 5) is 26.3. The van der Waals surface area contributed by atoms with Crippen LogP contribution in [0, 0.1) is 0 Å². The van der Waals surface area contributed by atoms with E-state index in [4.69, 9.17) is 16.7 Å². The van der Waals surface area contributed by atoms with Crippen molar-refractivity contribution in [1.29, 1.82) is 0 Å². The van der Waals surface area contributed by atoms with E-state index < -0.39 is 5.97 Å². The second-order valence-corrected chi connectivity index (χ2v) is 5.71. The van der Waals surface area contributed by atoms with E-state index in [1.54, 1.807) is 6.07 Å². The van der Waals surface area contributed by atoms with Crippen LogP contribution < -0.4 is 10.6 Å². The van der Waals surface area contributed by atoms with Gasteiger partial charge in [0.2, 0.25) is 5.91 Å². The number of aromatic nitrogens is 1. The van der Waals surface area contributed by atoms with Crippen LogP contribution >= 0.6 is 11.6 Å². The fraction of sp³-hybridized carbons (Fsp3) is 0.462. The quantitative estimate of drug-likeness (QED) is 0.775. The molecule has 1 amide bonds. The molecule has 0 bridgehead atoms. The molecule has 1 aromatic rings. The van der Waals surface area contributed by atoms with Crippen molar-refractivity contribution in [3.63, 3.8) is 0 Å². The Kier molecular flexibility index (Phi) is 5.33. The molecule has 1 heterocycles. The molecular formula is C13H18ClN3O3. The second kappa shape index (κ2) is 6.56. The van der Waals surface area contributed by atoms with E-state index in [2.05, 4.69) is 15.6 Å². The molecule has 6 nitrogen and oxygen atoms in total. The maximum Gasteiger partial charge on any atom is 0.356 e. The van der Waals surface area contributed by atoms with Gasteiger partial charge in [-0.05, 0) is 32.9 Å². The number of rotatable bonds is 5. The minimum Gasteiger partial charge on any atom is -0.476 e. The average Bonchev–Trinajstić information content (AvgIpc) is 2.28. The Morgan fingerprint density at radius 2 is 2.00 bits per heavy atom. The number of nitrogens with zero attached hydrogens (tertiary/aromatic N) is 1. The van der Waals surface area contributed by atoms with Crippen LogP contribution in [0.25, 0.3) is 0 Å². The molecule has 0 aliphatic carbocycles. The molecule has 1 rings (SSSR count). The fourth-order valence-corrected chi connectivity index (χ4v) is 1.66. The van der Waals surface area contributed by atoms with Crippen molar-refractivity contribution in [2.24, 2.45) is 0 Å². The first-order valence-electron chi connectivity index (χ1n) is 6.14. The molecule has 0 fully saturated rings. The van der Waals surface area contributed by atoms with E-state index >= 15 is 0 Å². The van der Waals surface area contributed by atoms with Gasteiger partial charge in [-0.15, -0.1) is 0 Å². The smallest absolute Gasteiger partial charge is 0.356 e. The van der Waals surface area contributed by atoms with Gasteiger partial charge in [0.25, 0.3) is 0 Å². The lowest BCUT2D eigenvalue weighted by Crippen LogP contribution is -2.41. The molecule has 0 unspecified atom stereocenters. The van der Waals surface area contributed by atoms with Crippen LogP contribution in [-0.2, 0) is 4.79 Å². The Morgan fingerprint density at radius 3 is 2.55 bits per heavy atom. The van der Waals surface area contributed by atoms with Crippen molar-refractivity contribution in [2.75, 3.05) is 11.9 Å². The Hall–Kier alpha value is -1.82. The van der Waals surface area contributed by atoms with E-state index in [9.17, 15) is 9.59 Å². The number of aromatic carboxylic acids is 1. The number of carbonyl (C=O) groups is 2. The highest BCUT2D eigenvalue weighted by molar-refractivity contribution is 6.33. The van der Waals surface area contributed by atoms with Gasteiger partial charge in [-0.25, -0.2) is 9.78 Å². The predicted molar refractivity (Wildman–Crippen MR) is 77.2 cm³/mol. The lowest BCUT2D eigenvalue weighted by Gasteiger charge is -2.20. The molecule has 7 heteroatoms. The molecular weight excluding hydrogens is 282 g/mol. The molecule has 0 aliphatic heterocycles. The number of carboxylic acids is 1. The second-order valence-electron chi connectivity index (χ2n) is 5.31. The molecule has 110 valence electrons. The molecule has 0 atom stereocenters. The largest absolute Gasteiger partial charge is 0.476 e. The predicted octanol–water partition coefficient (Wildman–Crippen LogP) is 2.15. The Bertz CT molecular complexity index is 512. The van der Waals surface area contributed by atoms with Gasteiger partial charge < -0.3 is 15.7 Å². The van der Waals surface area contributed by atoms with Gasteiger partial charge in [-0.1, -0.05) is 11.6 Å². The van der Waals surface area contributed by atoms with Crippen molar-refractivity contribution < 1.29 is 14.7 Å². The van der Waals surface area contributed by atoms with Crippen LogP contribution in [0.2, 0.25) is 5.02 Å². The summed E-state index contributed by atoms with van der Waals surface area (Å²) < 4.78 is 0. The van der Waals surface area contributed by atoms with E-state index in [0.29, 0.717) is 12.4 Å². The molecule has 0 aromatic carbocycles. The van der Waals surface area contributed by atoms with Crippen LogP contribution in [0.4, 0.5) is 5.82 Å². The monoisotopic (exact) mass is 299 g/mol. The highest BCUT2D eigenvalue weighted by atomic mass is 35.5. The zero-order valence-electron chi connectivity index (χ0n) is 11.7. The van der Waals surface area contributed by atoms with Gasteiger partial charge in [-0.2, -0.15) is 0 Å². The maximum atomic E-state index is 11.6. The molecule has 0 saturated heterocycles. The molecule has 0 saturated carbocycles. The van der Waals surface area contributed by atoms with Gasteiger partial charge in [0.15, 0.2) is 5.69 Å². The zero-order valence-corrected chi connectivity index (χ0v) is 12.4. The summed E-state index contributed by atoms with van der Waals surface area (Å²) in [6.45, 7) is 6.06. The van der Waals surface area contributed by atoms with Crippen LogP contribution in [0.1, 0.15) is 37.7 Å². The number of carbonyl (C=O) groups excluding carboxylic acids is 1. The number of anilines is 1. The number of hydrogen-bond acceptors (Lipinski definition) is 4. The fourth-order valence-electron chi connectivity index (χ4n) is 1.48. The number of halogens is 1. The third-order valence-electron chi connectivity index (χ3n) is 2.22. The van der Waals surface area contributed by atoms with Crippen molar-refractivity contribution >= 4 is 29.3 Å². The summed E-state index contributed by atoms with van der Waals surface area (Å²) in [7, 11) is 0. The lowest BCUT2D eigenvalue weighted by molar-refractivity contribution is -0.122.